The number of aldehydes is 1. The maximum Gasteiger partial charge on any atom is 0.305 e. The molecule has 0 spiro atoms. The third-order valence-electron chi connectivity index (χ3n) is 8.16. The number of unbranched alkanes of at least 4 members (excludes halogenated alkanes) is 11. The number of pyridine rings is 1. The van der Waals surface area contributed by atoms with Gasteiger partial charge in [0, 0.05) is 25.6 Å². The van der Waals surface area contributed by atoms with Crippen LogP contribution in [-0.4, -0.2) is 54.9 Å². The van der Waals surface area contributed by atoms with Crippen molar-refractivity contribution in [2.45, 2.75) is 142 Å². The maximum atomic E-state index is 12.2. The smallest absolute Gasteiger partial charge is 0.305 e. The van der Waals surface area contributed by atoms with E-state index < -0.39 is 0 Å². The standard InChI is InChI=1S/C35H64N4O3/c1-3-5-20-32(21-6-4-2)24-31-42-34(41)23-14-10-9-12-16-28-39(27-15-11-7-8-13-17-30-40)29-19-26-38-35-33(36)22-18-25-37-35/h18,22,25,30,32H,3-17,19-21,23-24,26-29,31,36H2,1-2H3,(H,37,38). The molecule has 0 saturated heterocycles. The van der Waals surface area contributed by atoms with Crippen LogP contribution < -0.4 is 11.1 Å². The molecule has 242 valence electrons. The monoisotopic (exact) mass is 588 g/mol. The van der Waals surface area contributed by atoms with Gasteiger partial charge in [0.1, 0.15) is 12.1 Å². The second-order valence-corrected chi connectivity index (χ2v) is 12.0. The summed E-state index contributed by atoms with van der Waals surface area (Å²) in [5.41, 5.74) is 6.69. The molecule has 42 heavy (non-hydrogen) atoms. The van der Waals surface area contributed by atoms with Gasteiger partial charge in [0.15, 0.2) is 0 Å². The predicted molar refractivity (Wildman–Crippen MR) is 178 cm³/mol. The lowest BCUT2D eigenvalue weighted by Crippen LogP contribution is -2.28. The van der Waals surface area contributed by atoms with E-state index in [2.05, 4.69) is 29.0 Å². The fourth-order valence-corrected chi connectivity index (χ4v) is 5.47. The van der Waals surface area contributed by atoms with Crippen LogP contribution in [0, 0.1) is 5.92 Å². The van der Waals surface area contributed by atoms with E-state index in [1.165, 1.54) is 77.0 Å². The fourth-order valence-electron chi connectivity index (χ4n) is 5.47. The molecule has 0 saturated carbocycles. The highest BCUT2D eigenvalue weighted by molar-refractivity contribution is 5.69. The highest BCUT2D eigenvalue weighted by atomic mass is 16.5. The van der Waals surface area contributed by atoms with E-state index in [1.807, 2.05) is 12.1 Å². The lowest BCUT2D eigenvalue weighted by molar-refractivity contribution is -0.144. The van der Waals surface area contributed by atoms with Crippen molar-refractivity contribution in [1.82, 2.24) is 9.88 Å². The van der Waals surface area contributed by atoms with Crippen molar-refractivity contribution in [2.75, 3.05) is 43.8 Å². The summed E-state index contributed by atoms with van der Waals surface area (Å²) in [6.07, 6.45) is 25.1. The zero-order chi connectivity index (χ0) is 30.5. The highest BCUT2D eigenvalue weighted by Crippen LogP contribution is 2.20. The van der Waals surface area contributed by atoms with E-state index >= 15 is 0 Å². The molecule has 0 radical (unpaired) electrons. The van der Waals surface area contributed by atoms with E-state index in [1.54, 1.807) is 6.20 Å². The molecule has 7 heteroatoms. The van der Waals surface area contributed by atoms with Crippen molar-refractivity contribution in [1.29, 1.82) is 0 Å². The zero-order valence-electron chi connectivity index (χ0n) is 27.3. The Kier molecular flexibility index (Phi) is 25.0. The summed E-state index contributed by atoms with van der Waals surface area (Å²) in [7, 11) is 0. The highest BCUT2D eigenvalue weighted by Gasteiger charge is 2.10. The van der Waals surface area contributed by atoms with Crippen LogP contribution in [0.15, 0.2) is 18.3 Å². The molecule has 0 aliphatic carbocycles. The fraction of sp³-hybridized carbons (Fsp3) is 0.800. The number of carbonyl (C=O) groups excluding carboxylic acids is 2. The first kappa shape index (κ1) is 37.9. The van der Waals surface area contributed by atoms with Crippen LogP contribution in [0.4, 0.5) is 11.5 Å². The van der Waals surface area contributed by atoms with Crippen LogP contribution in [0.3, 0.4) is 0 Å². The number of esters is 1. The average Bonchev–Trinajstić information content (AvgIpc) is 2.99. The normalized spacial score (nSPS) is 11.3. The number of nitrogen functional groups attached to an aromatic ring is 1. The second kappa shape index (κ2) is 27.7. The first-order valence-electron chi connectivity index (χ1n) is 17.4. The van der Waals surface area contributed by atoms with E-state index in [9.17, 15) is 9.59 Å². The Labute approximate surface area is 258 Å². The van der Waals surface area contributed by atoms with Crippen molar-refractivity contribution in [3.63, 3.8) is 0 Å². The Balaban J connectivity index is 2.21. The van der Waals surface area contributed by atoms with Gasteiger partial charge in [-0.2, -0.15) is 0 Å². The van der Waals surface area contributed by atoms with Gasteiger partial charge in [0.05, 0.1) is 12.3 Å². The van der Waals surface area contributed by atoms with Crippen molar-refractivity contribution in [2.24, 2.45) is 5.92 Å². The minimum atomic E-state index is -0.0156. The van der Waals surface area contributed by atoms with Gasteiger partial charge in [-0.1, -0.05) is 90.9 Å². The van der Waals surface area contributed by atoms with Crippen LogP contribution in [0.1, 0.15) is 142 Å². The van der Waals surface area contributed by atoms with Gasteiger partial charge in [0.25, 0.3) is 0 Å². The van der Waals surface area contributed by atoms with Crippen LogP contribution in [-0.2, 0) is 14.3 Å². The molecular formula is C35H64N4O3. The van der Waals surface area contributed by atoms with E-state index in [4.69, 9.17) is 10.5 Å². The van der Waals surface area contributed by atoms with Gasteiger partial charge in [-0.25, -0.2) is 4.98 Å². The molecule has 0 aliphatic heterocycles. The zero-order valence-corrected chi connectivity index (χ0v) is 27.3. The van der Waals surface area contributed by atoms with Gasteiger partial charge in [-0.15, -0.1) is 0 Å². The molecule has 0 aromatic carbocycles. The van der Waals surface area contributed by atoms with E-state index in [-0.39, 0.29) is 5.97 Å². The van der Waals surface area contributed by atoms with Crippen LogP contribution >= 0.6 is 0 Å². The number of rotatable bonds is 30. The van der Waals surface area contributed by atoms with E-state index in [0.29, 0.717) is 31.1 Å². The number of nitrogens with two attached hydrogens (primary N) is 1. The number of carbonyl (C=O) groups is 2. The summed E-state index contributed by atoms with van der Waals surface area (Å²) >= 11 is 0. The Bertz CT molecular complexity index is 768. The molecule has 0 unspecified atom stereocenters. The van der Waals surface area contributed by atoms with Crippen LogP contribution in [0.5, 0.6) is 0 Å². The molecule has 1 aromatic rings. The minimum Gasteiger partial charge on any atom is -0.466 e. The predicted octanol–water partition coefficient (Wildman–Crippen LogP) is 8.58. The van der Waals surface area contributed by atoms with Gasteiger partial charge in [-0.05, 0) is 76.2 Å². The number of anilines is 2. The first-order chi connectivity index (χ1) is 20.6. The SMILES string of the molecule is CCCCC(CCCC)CCOC(=O)CCCCCCCN(CCCCCCCC=O)CCCNc1ncccc1N. The molecular weight excluding hydrogens is 524 g/mol. The topological polar surface area (TPSA) is 97.5 Å². The van der Waals surface area contributed by atoms with E-state index in [0.717, 1.165) is 76.8 Å². The summed E-state index contributed by atoms with van der Waals surface area (Å²) < 4.78 is 5.57. The molecule has 3 N–H and O–H groups in total. The molecule has 0 amide bonds. The quantitative estimate of drug-likeness (QED) is 0.0527. The van der Waals surface area contributed by atoms with Crippen LogP contribution in [0.25, 0.3) is 0 Å². The summed E-state index contributed by atoms with van der Waals surface area (Å²) in [6, 6.07) is 3.73. The molecule has 1 heterocycles. The van der Waals surface area contributed by atoms with Crippen molar-refractivity contribution >= 4 is 23.8 Å². The van der Waals surface area contributed by atoms with Crippen LogP contribution in [0.2, 0.25) is 0 Å². The Morgan fingerprint density at radius 3 is 2.14 bits per heavy atom. The van der Waals surface area contributed by atoms with Gasteiger partial charge < -0.3 is 25.5 Å². The number of aromatic nitrogens is 1. The summed E-state index contributed by atoms with van der Waals surface area (Å²) in [6.45, 7) is 9.26. The second-order valence-electron chi connectivity index (χ2n) is 12.0. The molecule has 0 atom stereocenters. The number of hydrogen-bond donors (Lipinski definition) is 2. The summed E-state index contributed by atoms with van der Waals surface area (Å²) in [4.78, 5) is 29.6. The first-order valence-corrected chi connectivity index (χ1v) is 17.4. The Morgan fingerprint density at radius 1 is 0.881 bits per heavy atom. The molecule has 1 rings (SSSR count). The third-order valence-corrected chi connectivity index (χ3v) is 8.16. The molecule has 1 aromatic heterocycles. The number of ether oxygens (including phenoxy) is 1. The molecule has 0 bridgehead atoms. The number of nitrogens with one attached hydrogen (secondary N) is 1. The molecule has 7 nitrogen and oxygen atoms in total. The lowest BCUT2D eigenvalue weighted by atomic mass is 9.93. The lowest BCUT2D eigenvalue weighted by Gasteiger charge is -2.22. The summed E-state index contributed by atoms with van der Waals surface area (Å²) in [5, 5.41) is 3.37. The molecule has 0 fully saturated rings. The van der Waals surface area contributed by atoms with Crippen molar-refractivity contribution in [3.05, 3.63) is 18.3 Å². The van der Waals surface area contributed by atoms with Crippen molar-refractivity contribution in [3.8, 4) is 0 Å². The molecule has 0 aliphatic rings. The van der Waals surface area contributed by atoms with Gasteiger partial charge >= 0.3 is 5.97 Å². The maximum absolute atomic E-state index is 12.2. The van der Waals surface area contributed by atoms with Gasteiger partial charge in [-0.3, -0.25) is 4.79 Å². The number of nitrogens with zero attached hydrogens (tertiary/aromatic N) is 2. The number of hydrogen-bond acceptors (Lipinski definition) is 7. The van der Waals surface area contributed by atoms with Gasteiger partial charge in [0.2, 0.25) is 0 Å². The summed E-state index contributed by atoms with van der Waals surface area (Å²) in [5.74, 6) is 1.46. The minimum absolute atomic E-state index is 0.0156. The largest absolute Gasteiger partial charge is 0.466 e. The third kappa shape index (κ3) is 21.5. The van der Waals surface area contributed by atoms with Crippen molar-refractivity contribution < 1.29 is 14.3 Å². The average molecular weight is 589 g/mol. The Hall–Kier alpha value is -2.15. The Morgan fingerprint density at radius 2 is 1.50 bits per heavy atom.